The summed E-state index contributed by atoms with van der Waals surface area (Å²) in [7, 11) is 0. The minimum absolute atomic E-state index is 0.257. The first kappa shape index (κ1) is 14.5. The summed E-state index contributed by atoms with van der Waals surface area (Å²) < 4.78 is 19.6. The van der Waals surface area contributed by atoms with Crippen LogP contribution in [0.15, 0.2) is 36.4 Å². The average Bonchev–Trinajstić information content (AvgIpc) is 2.42. The summed E-state index contributed by atoms with van der Waals surface area (Å²) in [6.07, 6.45) is 0.944. The lowest BCUT2D eigenvalue weighted by Gasteiger charge is -2.15. The van der Waals surface area contributed by atoms with Gasteiger partial charge in [0.2, 0.25) is 0 Å². The number of halogens is 1. The Kier molecular flexibility index (Phi) is 4.40. The molecule has 2 aromatic carbocycles. The van der Waals surface area contributed by atoms with Gasteiger partial charge in [-0.2, -0.15) is 0 Å². The van der Waals surface area contributed by atoms with Crippen molar-refractivity contribution in [3.05, 3.63) is 58.9 Å². The normalized spacial score (nSPS) is 12.2. The Bertz CT molecular complexity index is 608. The molecule has 0 amide bonds. The average molecular weight is 273 g/mol. The molecule has 0 aliphatic heterocycles. The summed E-state index contributed by atoms with van der Waals surface area (Å²) in [5.74, 6) is 1.11. The van der Waals surface area contributed by atoms with Crippen LogP contribution in [-0.4, -0.2) is 0 Å². The first-order valence-corrected chi connectivity index (χ1v) is 6.83. The van der Waals surface area contributed by atoms with Crippen LogP contribution in [0.1, 0.15) is 36.6 Å². The van der Waals surface area contributed by atoms with Crippen molar-refractivity contribution in [1.29, 1.82) is 0 Å². The molecule has 2 N–H and O–H groups in total. The maximum atomic E-state index is 13.7. The number of hydrogen-bond donors (Lipinski definition) is 1. The zero-order chi connectivity index (χ0) is 14.7. The molecule has 0 heterocycles. The molecule has 106 valence electrons. The van der Waals surface area contributed by atoms with Crippen molar-refractivity contribution < 1.29 is 9.13 Å². The van der Waals surface area contributed by atoms with Crippen LogP contribution in [0.25, 0.3) is 0 Å². The Hall–Kier alpha value is -1.87. The lowest BCUT2D eigenvalue weighted by Crippen LogP contribution is -2.08. The van der Waals surface area contributed by atoms with Gasteiger partial charge in [-0.1, -0.05) is 19.1 Å². The van der Waals surface area contributed by atoms with Gasteiger partial charge in [0, 0.05) is 11.6 Å². The molecule has 2 aromatic rings. The summed E-state index contributed by atoms with van der Waals surface area (Å²) in [5.41, 5.74) is 8.32. The van der Waals surface area contributed by atoms with Crippen molar-refractivity contribution in [1.82, 2.24) is 0 Å². The summed E-state index contributed by atoms with van der Waals surface area (Å²) in [6.45, 7) is 5.63. The van der Waals surface area contributed by atoms with Crippen molar-refractivity contribution >= 4 is 0 Å². The highest BCUT2D eigenvalue weighted by atomic mass is 19.1. The second-order valence-corrected chi connectivity index (χ2v) is 5.03. The zero-order valence-electron chi connectivity index (χ0n) is 12.1. The molecule has 0 aliphatic carbocycles. The largest absolute Gasteiger partial charge is 0.457 e. The Morgan fingerprint density at radius 2 is 2.00 bits per heavy atom. The summed E-state index contributed by atoms with van der Waals surface area (Å²) in [5, 5.41) is 0. The molecule has 2 nitrogen and oxygen atoms in total. The Balaban J connectivity index is 2.39. The third-order valence-corrected chi connectivity index (χ3v) is 3.32. The fourth-order valence-electron chi connectivity index (χ4n) is 2.07. The van der Waals surface area contributed by atoms with Crippen LogP contribution in [0, 0.1) is 12.7 Å². The summed E-state index contributed by atoms with van der Waals surface area (Å²) in [6, 6.07) is 10.8. The van der Waals surface area contributed by atoms with Crippen LogP contribution < -0.4 is 10.5 Å². The highest BCUT2D eigenvalue weighted by Gasteiger charge is 2.13. The third-order valence-electron chi connectivity index (χ3n) is 3.32. The minimum atomic E-state index is -0.283. The molecule has 3 heteroatoms. The van der Waals surface area contributed by atoms with Gasteiger partial charge in [-0.25, -0.2) is 4.39 Å². The number of benzene rings is 2. The minimum Gasteiger partial charge on any atom is -0.457 e. The topological polar surface area (TPSA) is 35.2 Å². The second-order valence-electron chi connectivity index (χ2n) is 5.03. The van der Waals surface area contributed by atoms with Gasteiger partial charge in [0.1, 0.15) is 17.3 Å². The van der Waals surface area contributed by atoms with Crippen LogP contribution in [0.2, 0.25) is 0 Å². The molecule has 0 aliphatic rings. The van der Waals surface area contributed by atoms with E-state index in [4.69, 9.17) is 10.5 Å². The van der Waals surface area contributed by atoms with Gasteiger partial charge in [-0.3, -0.25) is 0 Å². The van der Waals surface area contributed by atoms with Crippen molar-refractivity contribution in [3.63, 3.8) is 0 Å². The van der Waals surface area contributed by atoms with E-state index in [1.165, 1.54) is 11.6 Å². The molecular weight excluding hydrogens is 253 g/mol. The molecule has 0 saturated heterocycles. The van der Waals surface area contributed by atoms with Crippen LogP contribution in [-0.2, 0) is 6.42 Å². The van der Waals surface area contributed by atoms with Crippen molar-refractivity contribution in [3.8, 4) is 11.5 Å². The van der Waals surface area contributed by atoms with E-state index in [1.807, 2.05) is 25.1 Å². The lowest BCUT2D eigenvalue weighted by molar-refractivity contribution is 0.467. The first-order valence-electron chi connectivity index (χ1n) is 6.83. The fourth-order valence-corrected chi connectivity index (χ4v) is 2.07. The van der Waals surface area contributed by atoms with Crippen molar-refractivity contribution in [2.75, 3.05) is 0 Å². The van der Waals surface area contributed by atoms with Gasteiger partial charge in [0.05, 0.1) is 0 Å². The molecule has 0 spiro atoms. The Morgan fingerprint density at radius 3 is 2.65 bits per heavy atom. The van der Waals surface area contributed by atoms with Crippen LogP contribution >= 0.6 is 0 Å². The van der Waals surface area contributed by atoms with E-state index in [9.17, 15) is 4.39 Å². The molecule has 0 bridgehead atoms. The summed E-state index contributed by atoms with van der Waals surface area (Å²) in [4.78, 5) is 0. The number of rotatable bonds is 4. The van der Waals surface area contributed by atoms with Gasteiger partial charge in [-0.15, -0.1) is 0 Å². The van der Waals surface area contributed by atoms with Gasteiger partial charge < -0.3 is 10.5 Å². The van der Waals surface area contributed by atoms with E-state index in [-0.39, 0.29) is 11.9 Å². The van der Waals surface area contributed by atoms with Crippen molar-refractivity contribution in [2.45, 2.75) is 33.2 Å². The van der Waals surface area contributed by atoms with Gasteiger partial charge in [0.25, 0.3) is 0 Å². The van der Waals surface area contributed by atoms with E-state index in [1.54, 1.807) is 13.0 Å². The fraction of sp³-hybridized carbons (Fsp3) is 0.294. The molecule has 0 aromatic heterocycles. The smallest absolute Gasteiger partial charge is 0.132 e. The van der Waals surface area contributed by atoms with Crippen LogP contribution in [0.5, 0.6) is 11.5 Å². The summed E-state index contributed by atoms with van der Waals surface area (Å²) >= 11 is 0. The Morgan fingerprint density at radius 1 is 1.25 bits per heavy atom. The first-order chi connectivity index (χ1) is 9.51. The Labute approximate surface area is 119 Å². The van der Waals surface area contributed by atoms with Gasteiger partial charge >= 0.3 is 0 Å². The highest BCUT2D eigenvalue weighted by Crippen LogP contribution is 2.31. The van der Waals surface area contributed by atoms with E-state index in [2.05, 4.69) is 13.0 Å². The second kappa shape index (κ2) is 6.06. The SMILES string of the molecule is CCc1cccc(Oc2cc(C)c(F)cc2C(C)N)c1. The standard InChI is InChI=1S/C17H20FNO/c1-4-13-6-5-7-14(9-13)20-17-8-11(2)16(18)10-15(17)12(3)19/h5-10,12H,4,19H2,1-3H3. The van der Waals surface area contributed by atoms with E-state index >= 15 is 0 Å². The van der Waals surface area contributed by atoms with Crippen molar-refractivity contribution in [2.24, 2.45) is 5.73 Å². The van der Waals surface area contributed by atoms with Crippen LogP contribution in [0.4, 0.5) is 4.39 Å². The molecule has 0 saturated carbocycles. The molecule has 2 rings (SSSR count). The molecule has 1 atom stereocenters. The highest BCUT2D eigenvalue weighted by molar-refractivity contribution is 5.43. The molecular formula is C17H20FNO. The molecule has 20 heavy (non-hydrogen) atoms. The molecule has 0 fully saturated rings. The number of ether oxygens (including phenoxy) is 1. The van der Waals surface area contributed by atoms with Gasteiger partial charge in [-0.05, 0) is 55.7 Å². The number of nitrogens with two attached hydrogens (primary N) is 1. The number of aryl methyl sites for hydroxylation is 2. The third kappa shape index (κ3) is 3.17. The molecule has 0 radical (unpaired) electrons. The maximum absolute atomic E-state index is 13.7. The molecule has 1 unspecified atom stereocenters. The van der Waals surface area contributed by atoms with E-state index in [0.29, 0.717) is 16.9 Å². The predicted octanol–water partition coefficient (Wildman–Crippen LogP) is 4.51. The zero-order valence-corrected chi connectivity index (χ0v) is 12.1. The maximum Gasteiger partial charge on any atom is 0.132 e. The van der Waals surface area contributed by atoms with E-state index < -0.39 is 0 Å². The lowest BCUT2D eigenvalue weighted by atomic mass is 10.0. The van der Waals surface area contributed by atoms with Gasteiger partial charge in [0.15, 0.2) is 0 Å². The van der Waals surface area contributed by atoms with E-state index in [0.717, 1.165) is 12.2 Å². The number of hydrogen-bond acceptors (Lipinski definition) is 2. The monoisotopic (exact) mass is 273 g/mol. The predicted molar refractivity (Wildman–Crippen MR) is 79.6 cm³/mol. The van der Waals surface area contributed by atoms with Crippen LogP contribution in [0.3, 0.4) is 0 Å². The quantitative estimate of drug-likeness (QED) is 0.889.